The number of carbonyl (C=O) groups is 1. The summed E-state index contributed by atoms with van der Waals surface area (Å²) < 4.78 is 53.5. The van der Waals surface area contributed by atoms with E-state index < -0.39 is 18.3 Å². The molecule has 1 saturated heterocycles. The fourth-order valence-electron chi connectivity index (χ4n) is 5.57. The highest BCUT2D eigenvalue weighted by Gasteiger charge is 2.48. The van der Waals surface area contributed by atoms with Gasteiger partial charge in [0.25, 0.3) is 5.91 Å². The molecule has 2 N–H and O–H groups in total. The van der Waals surface area contributed by atoms with Crippen LogP contribution in [0.15, 0.2) is 30.3 Å². The molecular formula is C26H34F4N4OS. The lowest BCUT2D eigenvalue weighted by Crippen LogP contribution is -2.52. The highest BCUT2D eigenvalue weighted by molar-refractivity contribution is 7.14. The number of nitrogens with zero attached hydrogens (tertiary/aromatic N) is 2. The molecule has 1 aromatic heterocycles. The average Bonchev–Trinajstić information content (AvgIpc) is 3.38. The Labute approximate surface area is 213 Å². The van der Waals surface area contributed by atoms with E-state index in [4.69, 9.17) is 0 Å². The largest absolute Gasteiger partial charge is 0.405 e. The van der Waals surface area contributed by atoms with E-state index in [9.17, 15) is 22.4 Å². The summed E-state index contributed by atoms with van der Waals surface area (Å²) in [5.74, 6) is -0.406. The average molecular weight is 527 g/mol. The molecule has 1 aliphatic heterocycles. The fourth-order valence-corrected chi connectivity index (χ4v) is 6.70. The molecule has 2 unspecified atom stereocenters. The summed E-state index contributed by atoms with van der Waals surface area (Å²) in [7, 11) is 5.50. The zero-order valence-corrected chi connectivity index (χ0v) is 21.9. The van der Waals surface area contributed by atoms with Crippen LogP contribution in [-0.2, 0) is 6.42 Å². The molecule has 1 amide bonds. The minimum Gasteiger partial charge on any atom is -0.349 e. The second-order valence-electron chi connectivity index (χ2n) is 10.4. The molecule has 0 bridgehead atoms. The van der Waals surface area contributed by atoms with E-state index >= 15 is 0 Å². The van der Waals surface area contributed by atoms with Crippen molar-refractivity contribution in [2.24, 2.45) is 0 Å². The third-order valence-electron chi connectivity index (χ3n) is 7.77. The maximum Gasteiger partial charge on any atom is 0.405 e. The topological polar surface area (TPSA) is 47.6 Å². The maximum absolute atomic E-state index is 13.7. The van der Waals surface area contributed by atoms with Gasteiger partial charge < -0.3 is 10.2 Å². The Balaban J connectivity index is 1.38. The third kappa shape index (κ3) is 5.77. The number of halogens is 4. The van der Waals surface area contributed by atoms with Crippen molar-refractivity contribution in [3.05, 3.63) is 57.0 Å². The second-order valence-corrected chi connectivity index (χ2v) is 11.5. The molecule has 4 rings (SSSR count). The Morgan fingerprint density at radius 2 is 1.94 bits per heavy atom. The first-order valence-electron chi connectivity index (χ1n) is 12.3. The van der Waals surface area contributed by atoms with Gasteiger partial charge in [-0.1, -0.05) is 12.1 Å². The molecule has 10 heteroatoms. The predicted molar refractivity (Wildman–Crippen MR) is 133 cm³/mol. The summed E-state index contributed by atoms with van der Waals surface area (Å²) in [6.45, 7) is 1.83. The molecule has 1 saturated carbocycles. The first kappa shape index (κ1) is 27.0. The van der Waals surface area contributed by atoms with Crippen molar-refractivity contribution >= 4 is 17.2 Å². The Bertz CT molecular complexity index is 1080. The monoisotopic (exact) mass is 526 g/mol. The van der Waals surface area contributed by atoms with Gasteiger partial charge in [-0.05, 0) is 88.9 Å². The molecule has 2 fully saturated rings. The minimum atomic E-state index is -4.31. The summed E-state index contributed by atoms with van der Waals surface area (Å²) in [5.41, 5.74) is 4.53. The zero-order valence-electron chi connectivity index (χ0n) is 21.1. The first-order chi connectivity index (χ1) is 16.9. The van der Waals surface area contributed by atoms with Crippen LogP contribution in [0.3, 0.4) is 0 Å². The van der Waals surface area contributed by atoms with Gasteiger partial charge in [0.05, 0.1) is 10.9 Å². The van der Waals surface area contributed by atoms with Crippen LogP contribution in [0.25, 0.3) is 0 Å². The van der Waals surface area contributed by atoms with Crippen molar-refractivity contribution in [1.29, 1.82) is 0 Å². The van der Waals surface area contributed by atoms with E-state index in [-0.39, 0.29) is 29.7 Å². The van der Waals surface area contributed by atoms with E-state index in [0.29, 0.717) is 4.88 Å². The van der Waals surface area contributed by atoms with Crippen molar-refractivity contribution in [2.45, 2.75) is 75.3 Å². The van der Waals surface area contributed by atoms with Gasteiger partial charge in [0, 0.05) is 23.5 Å². The van der Waals surface area contributed by atoms with Crippen LogP contribution >= 0.6 is 11.3 Å². The van der Waals surface area contributed by atoms with E-state index in [2.05, 4.69) is 15.6 Å². The molecule has 1 aliphatic carbocycles. The zero-order chi connectivity index (χ0) is 26.3. The molecule has 0 spiro atoms. The number of likely N-dealkylation sites (N-methyl/N-ethyl adjacent to an activating group) is 1. The summed E-state index contributed by atoms with van der Waals surface area (Å²) in [6.07, 6.45) is -0.298. The molecule has 2 aromatic rings. The number of amides is 1. The van der Waals surface area contributed by atoms with Crippen LogP contribution in [0.1, 0.15) is 63.8 Å². The number of carbonyl (C=O) groups excluding carboxylic acids is 1. The summed E-state index contributed by atoms with van der Waals surface area (Å²) >= 11 is 1.26. The quantitative estimate of drug-likeness (QED) is 0.507. The smallest absolute Gasteiger partial charge is 0.349 e. The van der Waals surface area contributed by atoms with E-state index in [1.165, 1.54) is 24.5 Å². The lowest BCUT2D eigenvalue weighted by atomic mass is 9.75. The fraction of sp³-hybridized carbons (Fsp3) is 0.577. The number of rotatable bonds is 6. The molecule has 2 aliphatic rings. The van der Waals surface area contributed by atoms with E-state index in [1.807, 2.05) is 33.2 Å². The van der Waals surface area contributed by atoms with Gasteiger partial charge >= 0.3 is 6.18 Å². The number of alkyl halides is 3. The second kappa shape index (κ2) is 10.4. The van der Waals surface area contributed by atoms with E-state index in [1.54, 1.807) is 12.1 Å². The van der Waals surface area contributed by atoms with Crippen LogP contribution in [0, 0.1) is 12.7 Å². The Hall–Kier alpha value is -2.01. The van der Waals surface area contributed by atoms with Crippen LogP contribution in [0.4, 0.5) is 17.6 Å². The lowest BCUT2D eigenvalue weighted by Gasteiger charge is -2.45. The summed E-state index contributed by atoms with van der Waals surface area (Å²) in [5, 5.41) is 4.27. The number of aryl methyl sites for hydroxylation is 1. The molecule has 198 valence electrons. The highest BCUT2D eigenvalue weighted by Crippen LogP contribution is 2.39. The molecule has 5 nitrogen and oxygen atoms in total. The van der Waals surface area contributed by atoms with Gasteiger partial charge in [-0.15, -0.1) is 11.3 Å². The van der Waals surface area contributed by atoms with Gasteiger partial charge in [0.15, 0.2) is 0 Å². The molecule has 2 heterocycles. The van der Waals surface area contributed by atoms with Gasteiger partial charge in [0.1, 0.15) is 11.9 Å². The molecule has 1 aromatic carbocycles. The summed E-state index contributed by atoms with van der Waals surface area (Å²) in [4.78, 5) is 16.6. The van der Waals surface area contributed by atoms with Gasteiger partial charge in [0.2, 0.25) is 0 Å². The standard InChI is InChI=1S/C26H34F4N4OS/c1-16-12-21(20-14-22(26(28,29)30)34(4)32-20)36-23(16)24(35)31-19-8-10-25(11-9-19,33(2)3)15-17-6-5-7-18(27)13-17/h5-7,12-13,19-20,22,32H,8-11,14-15H2,1-4H3,(H,31,35). The number of benzene rings is 1. The van der Waals surface area contributed by atoms with Crippen molar-refractivity contribution in [3.63, 3.8) is 0 Å². The maximum atomic E-state index is 13.7. The van der Waals surface area contributed by atoms with Crippen molar-refractivity contribution in [3.8, 4) is 0 Å². The van der Waals surface area contributed by atoms with Crippen molar-refractivity contribution in [1.82, 2.24) is 20.7 Å². The lowest BCUT2D eigenvalue weighted by molar-refractivity contribution is -0.176. The van der Waals surface area contributed by atoms with Crippen LogP contribution in [-0.4, -0.2) is 60.8 Å². The number of hydrogen-bond donors (Lipinski definition) is 2. The highest BCUT2D eigenvalue weighted by atomic mass is 32.1. The molecule has 0 radical (unpaired) electrons. The minimum absolute atomic E-state index is 0.0217. The van der Waals surface area contributed by atoms with Gasteiger partial charge in [-0.3, -0.25) is 4.79 Å². The normalized spacial score (nSPS) is 27.5. The number of thiophene rings is 1. The molecule has 2 atom stereocenters. The van der Waals surface area contributed by atoms with Crippen molar-refractivity contribution < 1.29 is 22.4 Å². The SMILES string of the molecule is Cc1cc(C2CC(C(F)(F)F)N(C)N2)sc1C(=O)NC1CCC(Cc2cccc(F)c2)(N(C)C)CC1. The Kier molecular flexibility index (Phi) is 7.81. The molecular weight excluding hydrogens is 492 g/mol. The number of nitrogens with one attached hydrogen (secondary N) is 2. The first-order valence-corrected chi connectivity index (χ1v) is 13.1. The van der Waals surface area contributed by atoms with Gasteiger partial charge in [-0.2, -0.15) is 13.2 Å². The number of hydrazine groups is 1. The van der Waals surface area contributed by atoms with Crippen LogP contribution < -0.4 is 10.7 Å². The predicted octanol–water partition coefficient (Wildman–Crippen LogP) is 5.22. The van der Waals surface area contributed by atoms with Crippen LogP contribution in [0.5, 0.6) is 0 Å². The summed E-state index contributed by atoms with van der Waals surface area (Å²) in [6, 6.07) is 6.55. The van der Waals surface area contributed by atoms with Gasteiger partial charge in [-0.25, -0.2) is 14.8 Å². The molecule has 36 heavy (non-hydrogen) atoms. The van der Waals surface area contributed by atoms with E-state index in [0.717, 1.165) is 53.1 Å². The number of hydrogen-bond acceptors (Lipinski definition) is 5. The third-order valence-corrected chi connectivity index (χ3v) is 9.12. The van der Waals surface area contributed by atoms with Crippen LogP contribution in [0.2, 0.25) is 0 Å². The Morgan fingerprint density at radius 3 is 2.53 bits per heavy atom. The Morgan fingerprint density at radius 1 is 1.25 bits per heavy atom. The van der Waals surface area contributed by atoms with Crippen molar-refractivity contribution in [2.75, 3.05) is 21.1 Å².